The molecule has 0 atom stereocenters. The topological polar surface area (TPSA) is 67.4 Å². The van der Waals surface area contributed by atoms with Crippen molar-refractivity contribution in [2.45, 2.75) is 51.9 Å². The predicted octanol–water partition coefficient (Wildman–Crippen LogP) is 4.93. The van der Waals surface area contributed by atoms with Gasteiger partial charge in [-0.05, 0) is 80.8 Å². The van der Waals surface area contributed by atoms with E-state index in [9.17, 15) is 9.59 Å². The molecule has 3 rings (SSSR count). The van der Waals surface area contributed by atoms with E-state index in [1.54, 1.807) is 0 Å². The Morgan fingerprint density at radius 1 is 1.00 bits per heavy atom. The normalized spacial score (nSPS) is 13.1. The summed E-state index contributed by atoms with van der Waals surface area (Å²) in [7, 11) is 0. The number of rotatable bonds is 11. The van der Waals surface area contributed by atoms with Crippen LogP contribution in [0, 0.1) is 5.92 Å². The molecule has 1 aliphatic heterocycles. The summed E-state index contributed by atoms with van der Waals surface area (Å²) in [5.41, 5.74) is 3.01. The highest BCUT2D eigenvalue weighted by Crippen LogP contribution is 2.28. The molecule has 2 N–H and O–H groups in total. The van der Waals surface area contributed by atoms with Gasteiger partial charge in [0.2, 0.25) is 5.91 Å². The number of carbonyl (C=O) groups excluding carboxylic acids is 2. The number of hydrogen-bond acceptors (Lipinski definition) is 4. The molecule has 1 fully saturated rings. The number of nitrogens with one attached hydrogen (secondary N) is 2. The Kier molecular flexibility index (Phi) is 10.5. The summed E-state index contributed by atoms with van der Waals surface area (Å²) in [6.45, 7) is 3.55. The molecule has 0 aromatic heterocycles. The van der Waals surface area contributed by atoms with Gasteiger partial charge < -0.3 is 15.4 Å². The molecule has 0 bridgehead atoms. The largest absolute Gasteiger partial charge is 0.424 e. The van der Waals surface area contributed by atoms with Crippen molar-refractivity contribution < 1.29 is 14.3 Å². The monoisotopic (exact) mass is 444 g/mol. The van der Waals surface area contributed by atoms with Crippen LogP contribution in [-0.4, -0.2) is 25.0 Å². The van der Waals surface area contributed by atoms with Crippen LogP contribution in [0.5, 0.6) is 5.75 Å². The Balaban J connectivity index is 0.00000341. The molecule has 0 aliphatic carbocycles. The first-order chi connectivity index (χ1) is 14.6. The molecule has 6 heteroatoms. The zero-order valence-electron chi connectivity index (χ0n) is 18.2. The lowest BCUT2D eigenvalue weighted by atomic mass is 9.97. The van der Waals surface area contributed by atoms with Crippen LogP contribution in [0.4, 0.5) is 5.69 Å². The molecule has 2 aromatic rings. The van der Waals surface area contributed by atoms with Crippen molar-refractivity contribution in [1.29, 1.82) is 0 Å². The highest BCUT2D eigenvalue weighted by Gasteiger charge is 2.17. The number of halogens is 1. The molecule has 1 heterocycles. The van der Waals surface area contributed by atoms with Crippen molar-refractivity contribution in [1.82, 2.24) is 5.32 Å². The third-order valence-electron chi connectivity index (χ3n) is 5.46. The average molecular weight is 445 g/mol. The van der Waals surface area contributed by atoms with Gasteiger partial charge in [0.15, 0.2) is 5.75 Å². The van der Waals surface area contributed by atoms with E-state index < -0.39 is 0 Å². The summed E-state index contributed by atoms with van der Waals surface area (Å²) in [4.78, 5) is 23.8. The minimum absolute atomic E-state index is 0. The molecule has 0 spiro atoms. The number of esters is 1. The van der Waals surface area contributed by atoms with E-state index in [0.717, 1.165) is 57.2 Å². The fourth-order valence-corrected chi connectivity index (χ4v) is 3.66. The molecule has 168 valence electrons. The number of unbranched alkanes of at least 4 members (excludes halogenated alkanes) is 1. The molecule has 0 unspecified atom stereocenters. The second-order valence-corrected chi connectivity index (χ2v) is 8.09. The van der Waals surface area contributed by atoms with Crippen molar-refractivity contribution in [3.8, 4) is 5.75 Å². The van der Waals surface area contributed by atoms with E-state index in [0.29, 0.717) is 23.8 Å². The molecule has 0 radical (unpaired) electrons. The number of ether oxygens (including phenoxy) is 1. The Bertz CT molecular complexity index is 838. The minimum atomic E-state index is -0.241. The molecule has 31 heavy (non-hydrogen) atoms. The second kappa shape index (κ2) is 13.1. The molecule has 1 aliphatic rings. The zero-order chi connectivity index (χ0) is 21.2. The summed E-state index contributed by atoms with van der Waals surface area (Å²) < 4.78 is 5.63. The quantitative estimate of drug-likeness (QED) is 0.293. The summed E-state index contributed by atoms with van der Waals surface area (Å²) >= 11 is 0. The highest BCUT2D eigenvalue weighted by atomic mass is 35.5. The van der Waals surface area contributed by atoms with Crippen LogP contribution in [-0.2, 0) is 22.4 Å². The molecule has 2 aromatic carbocycles. The Morgan fingerprint density at radius 2 is 1.71 bits per heavy atom. The van der Waals surface area contributed by atoms with Crippen LogP contribution in [0.1, 0.15) is 50.2 Å². The van der Waals surface area contributed by atoms with Crippen LogP contribution in [0.2, 0.25) is 0 Å². The van der Waals surface area contributed by atoms with Gasteiger partial charge in [-0.15, -0.1) is 12.4 Å². The third kappa shape index (κ3) is 8.72. The number of aryl methyl sites for hydroxylation is 2. The lowest BCUT2D eigenvalue weighted by Crippen LogP contribution is -2.41. The van der Waals surface area contributed by atoms with E-state index in [1.807, 2.05) is 24.3 Å². The molecular formula is C25H33ClN2O3. The van der Waals surface area contributed by atoms with Crippen molar-refractivity contribution in [2.24, 2.45) is 5.92 Å². The van der Waals surface area contributed by atoms with Crippen LogP contribution in [0.25, 0.3) is 0 Å². The first-order valence-corrected chi connectivity index (χ1v) is 11.0. The fraction of sp³-hybridized carbons (Fsp3) is 0.440. The van der Waals surface area contributed by atoms with Gasteiger partial charge in [0.1, 0.15) is 0 Å². The summed E-state index contributed by atoms with van der Waals surface area (Å²) in [6.07, 6.45) is 6.40. The molecule has 5 nitrogen and oxygen atoms in total. The van der Waals surface area contributed by atoms with E-state index in [1.165, 1.54) is 12.5 Å². The maximum absolute atomic E-state index is 12.3. The number of anilines is 1. The number of carbonyl (C=O) groups is 2. The second-order valence-electron chi connectivity index (χ2n) is 8.09. The fourth-order valence-electron chi connectivity index (χ4n) is 3.66. The first-order valence-electron chi connectivity index (χ1n) is 11.0. The Hall–Kier alpha value is -2.37. The van der Waals surface area contributed by atoms with Crippen LogP contribution >= 0.6 is 12.4 Å². The van der Waals surface area contributed by atoms with Crippen molar-refractivity contribution in [2.75, 3.05) is 18.4 Å². The van der Waals surface area contributed by atoms with Gasteiger partial charge in [0.25, 0.3) is 0 Å². The maximum Gasteiger partial charge on any atom is 0.311 e. The summed E-state index contributed by atoms with van der Waals surface area (Å²) in [6, 6.07) is 16.2. The Morgan fingerprint density at radius 3 is 2.35 bits per heavy atom. The molecule has 1 saturated heterocycles. The molecule has 1 amide bonds. The van der Waals surface area contributed by atoms with Gasteiger partial charge in [0, 0.05) is 13.3 Å². The predicted molar refractivity (Wildman–Crippen MR) is 127 cm³/mol. The molecule has 0 saturated carbocycles. The van der Waals surface area contributed by atoms with Gasteiger partial charge in [0.05, 0.1) is 5.69 Å². The van der Waals surface area contributed by atoms with E-state index >= 15 is 0 Å². The third-order valence-corrected chi connectivity index (χ3v) is 5.46. The average Bonchev–Trinajstić information content (AvgIpc) is 2.69. The number of benzene rings is 2. The summed E-state index contributed by atoms with van der Waals surface area (Å²) in [5.74, 6) is 0.712. The van der Waals surface area contributed by atoms with Crippen molar-refractivity contribution in [3.63, 3.8) is 0 Å². The van der Waals surface area contributed by atoms with E-state index in [2.05, 4.69) is 34.9 Å². The maximum atomic E-state index is 12.3. The van der Waals surface area contributed by atoms with Gasteiger partial charge in [-0.3, -0.25) is 9.59 Å². The van der Waals surface area contributed by atoms with Crippen LogP contribution < -0.4 is 15.4 Å². The van der Waals surface area contributed by atoms with E-state index in [-0.39, 0.29) is 24.3 Å². The SMILES string of the molecule is CC(=O)Nc1ccc(CCCCc2ccccc2)cc1OC(=O)CCCC1CNC1.Cl. The standard InChI is InChI=1S/C25H32N2O3.ClH/c1-19(28)27-23-15-14-21(11-6-5-10-20-8-3-2-4-9-20)16-24(23)30-25(29)13-7-12-22-17-26-18-22;/h2-4,8-9,14-16,22,26H,5-7,10-13,17-18H2,1H3,(H,27,28);1H. The van der Waals surface area contributed by atoms with E-state index in [4.69, 9.17) is 4.74 Å². The summed E-state index contributed by atoms with van der Waals surface area (Å²) in [5, 5.41) is 6.01. The highest BCUT2D eigenvalue weighted by molar-refractivity contribution is 5.91. The van der Waals surface area contributed by atoms with Gasteiger partial charge in [-0.1, -0.05) is 36.4 Å². The zero-order valence-corrected chi connectivity index (χ0v) is 19.0. The molecular weight excluding hydrogens is 412 g/mol. The first kappa shape index (κ1) is 24.9. The number of hydrogen-bond donors (Lipinski definition) is 2. The lowest BCUT2D eigenvalue weighted by molar-refractivity contribution is -0.134. The van der Waals surface area contributed by atoms with Crippen LogP contribution in [0.15, 0.2) is 48.5 Å². The minimum Gasteiger partial charge on any atom is -0.424 e. The van der Waals surface area contributed by atoms with Crippen molar-refractivity contribution >= 4 is 30.0 Å². The van der Waals surface area contributed by atoms with Crippen molar-refractivity contribution in [3.05, 3.63) is 59.7 Å². The van der Waals surface area contributed by atoms with Gasteiger partial charge in [-0.25, -0.2) is 0 Å². The van der Waals surface area contributed by atoms with Gasteiger partial charge >= 0.3 is 5.97 Å². The number of amides is 1. The Labute approximate surface area is 191 Å². The van der Waals surface area contributed by atoms with Crippen LogP contribution in [0.3, 0.4) is 0 Å². The lowest BCUT2D eigenvalue weighted by Gasteiger charge is -2.26. The smallest absolute Gasteiger partial charge is 0.311 e. The van der Waals surface area contributed by atoms with Gasteiger partial charge in [-0.2, -0.15) is 0 Å².